The first-order chi connectivity index (χ1) is 10.1. The molecule has 0 atom stereocenters. The molecule has 0 spiro atoms. The van der Waals surface area contributed by atoms with E-state index in [4.69, 9.17) is 0 Å². The fourth-order valence-electron chi connectivity index (χ4n) is 2.23. The maximum absolute atomic E-state index is 14.3. The van der Waals surface area contributed by atoms with E-state index in [1.54, 1.807) is 26.1 Å². The van der Waals surface area contributed by atoms with Gasteiger partial charge in [-0.1, -0.05) is 28.1 Å². The van der Waals surface area contributed by atoms with Crippen molar-refractivity contribution in [2.24, 2.45) is 0 Å². The Labute approximate surface area is 130 Å². The van der Waals surface area contributed by atoms with Crippen LogP contribution in [-0.4, -0.2) is 17.0 Å². The molecule has 3 aromatic rings. The van der Waals surface area contributed by atoms with Gasteiger partial charge in [0.2, 0.25) is 0 Å². The first kappa shape index (κ1) is 13.9. The van der Waals surface area contributed by atoms with Crippen LogP contribution >= 0.6 is 15.9 Å². The summed E-state index contributed by atoms with van der Waals surface area (Å²) in [4.78, 5) is 8.93. The molecule has 3 nitrogen and oxygen atoms in total. The number of nitrogens with one attached hydrogen (secondary N) is 1. The summed E-state index contributed by atoms with van der Waals surface area (Å²) in [6, 6.07) is 11.0. The molecule has 0 unspecified atom stereocenters. The molecule has 0 bridgehead atoms. The third-order valence-electron chi connectivity index (χ3n) is 3.33. The number of aryl methyl sites for hydroxylation is 1. The summed E-state index contributed by atoms with van der Waals surface area (Å²) < 4.78 is 15.2. The number of hydrogen-bond donors (Lipinski definition) is 1. The minimum absolute atomic E-state index is 0.281. The Morgan fingerprint density at radius 3 is 2.71 bits per heavy atom. The van der Waals surface area contributed by atoms with E-state index in [9.17, 15) is 4.39 Å². The molecule has 21 heavy (non-hydrogen) atoms. The summed E-state index contributed by atoms with van der Waals surface area (Å²) in [7, 11) is 1.79. The van der Waals surface area contributed by atoms with Crippen LogP contribution < -0.4 is 5.32 Å². The number of aromatic nitrogens is 2. The van der Waals surface area contributed by atoms with E-state index in [2.05, 4.69) is 31.2 Å². The number of fused-ring (bicyclic) bond motifs is 1. The van der Waals surface area contributed by atoms with Crippen LogP contribution in [0.25, 0.3) is 22.3 Å². The lowest BCUT2D eigenvalue weighted by atomic mass is 10.1. The van der Waals surface area contributed by atoms with Gasteiger partial charge in [0.1, 0.15) is 11.6 Å². The quantitative estimate of drug-likeness (QED) is 0.740. The summed E-state index contributed by atoms with van der Waals surface area (Å²) in [5.74, 6) is 0.781. The maximum Gasteiger partial charge on any atom is 0.165 e. The van der Waals surface area contributed by atoms with Gasteiger partial charge in [0.25, 0.3) is 0 Å². The smallest absolute Gasteiger partial charge is 0.165 e. The minimum atomic E-state index is -0.281. The molecule has 5 heteroatoms. The Bertz CT molecular complexity index is 833. The van der Waals surface area contributed by atoms with Crippen LogP contribution in [-0.2, 0) is 0 Å². The molecule has 2 aromatic carbocycles. The van der Waals surface area contributed by atoms with Gasteiger partial charge < -0.3 is 5.32 Å². The van der Waals surface area contributed by atoms with Crippen molar-refractivity contribution in [1.29, 1.82) is 0 Å². The predicted molar refractivity (Wildman–Crippen MR) is 86.9 cm³/mol. The van der Waals surface area contributed by atoms with Gasteiger partial charge in [0.05, 0.1) is 11.1 Å². The van der Waals surface area contributed by atoms with Gasteiger partial charge >= 0.3 is 0 Å². The van der Waals surface area contributed by atoms with Crippen LogP contribution in [0.3, 0.4) is 0 Å². The van der Waals surface area contributed by atoms with Gasteiger partial charge in [0, 0.05) is 16.9 Å². The van der Waals surface area contributed by atoms with Crippen molar-refractivity contribution in [1.82, 2.24) is 9.97 Å². The molecule has 0 aliphatic rings. The molecule has 0 radical (unpaired) electrons. The molecular weight excluding hydrogens is 333 g/mol. The summed E-state index contributed by atoms with van der Waals surface area (Å²) >= 11 is 3.44. The van der Waals surface area contributed by atoms with Gasteiger partial charge in [0.15, 0.2) is 5.82 Å². The SMILES string of the molecule is CNc1nc(-c2cccc(C)c2F)nc2ccc(Br)cc12. The Morgan fingerprint density at radius 1 is 1.14 bits per heavy atom. The molecule has 0 aliphatic heterocycles. The van der Waals surface area contributed by atoms with Crippen LogP contribution in [0.1, 0.15) is 5.56 Å². The number of halogens is 2. The molecule has 0 saturated carbocycles. The molecule has 1 N–H and O–H groups in total. The molecular formula is C16H13BrFN3. The molecule has 0 fully saturated rings. The molecule has 3 rings (SSSR count). The van der Waals surface area contributed by atoms with Crippen molar-refractivity contribution >= 4 is 32.7 Å². The normalized spacial score (nSPS) is 10.9. The zero-order chi connectivity index (χ0) is 15.0. The molecule has 1 heterocycles. The van der Waals surface area contributed by atoms with Gasteiger partial charge in [-0.15, -0.1) is 0 Å². The van der Waals surface area contributed by atoms with Crippen LogP contribution in [0.5, 0.6) is 0 Å². The van der Waals surface area contributed by atoms with Crippen LogP contribution in [0.15, 0.2) is 40.9 Å². The Hall–Kier alpha value is -2.01. The lowest BCUT2D eigenvalue weighted by Gasteiger charge is -2.10. The van der Waals surface area contributed by atoms with Crippen molar-refractivity contribution in [3.05, 3.63) is 52.3 Å². The highest BCUT2D eigenvalue weighted by Gasteiger charge is 2.13. The molecule has 0 aliphatic carbocycles. The van der Waals surface area contributed by atoms with Crippen molar-refractivity contribution in [2.45, 2.75) is 6.92 Å². The summed E-state index contributed by atoms with van der Waals surface area (Å²) in [5.41, 5.74) is 1.77. The second-order valence-electron chi connectivity index (χ2n) is 4.74. The molecule has 0 saturated heterocycles. The maximum atomic E-state index is 14.3. The summed E-state index contributed by atoms with van der Waals surface area (Å²) in [6.07, 6.45) is 0. The first-order valence-electron chi connectivity index (χ1n) is 6.50. The fraction of sp³-hybridized carbons (Fsp3) is 0.125. The predicted octanol–water partition coefficient (Wildman–Crippen LogP) is 4.55. The van der Waals surface area contributed by atoms with Crippen molar-refractivity contribution in [2.75, 3.05) is 12.4 Å². The molecule has 0 amide bonds. The second-order valence-corrected chi connectivity index (χ2v) is 5.66. The highest BCUT2D eigenvalue weighted by Crippen LogP contribution is 2.28. The zero-order valence-electron chi connectivity index (χ0n) is 11.6. The second kappa shape index (κ2) is 5.41. The number of anilines is 1. The van der Waals surface area contributed by atoms with E-state index in [0.717, 1.165) is 15.4 Å². The molecule has 1 aromatic heterocycles. The number of rotatable bonds is 2. The van der Waals surface area contributed by atoms with Gasteiger partial charge in [-0.25, -0.2) is 14.4 Å². The largest absolute Gasteiger partial charge is 0.373 e. The van der Waals surface area contributed by atoms with E-state index < -0.39 is 0 Å². The Balaban J connectivity index is 2.29. The van der Waals surface area contributed by atoms with Gasteiger partial charge in [-0.05, 0) is 36.8 Å². The van der Waals surface area contributed by atoms with E-state index in [1.165, 1.54) is 0 Å². The van der Waals surface area contributed by atoms with Gasteiger partial charge in [-0.2, -0.15) is 0 Å². The standard InChI is InChI=1S/C16H13BrFN3/c1-9-4-3-5-11(14(9)18)16-20-13-7-6-10(17)8-12(13)15(19-2)21-16/h3-8H,1-2H3,(H,19,20,21). The number of benzene rings is 2. The van der Waals surface area contributed by atoms with Crippen LogP contribution in [0.2, 0.25) is 0 Å². The van der Waals surface area contributed by atoms with Gasteiger partial charge in [-0.3, -0.25) is 0 Å². The van der Waals surface area contributed by atoms with E-state index in [-0.39, 0.29) is 5.82 Å². The topological polar surface area (TPSA) is 37.8 Å². The number of nitrogens with zero attached hydrogens (tertiary/aromatic N) is 2. The van der Waals surface area contributed by atoms with Crippen molar-refractivity contribution in [3.8, 4) is 11.4 Å². The minimum Gasteiger partial charge on any atom is -0.373 e. The van der Waals surface area contributed by atoms with E-state index in [1.807, 2.05) is 24.3 Å². The van der Waals surface area contributed by atoms with E-state index >= 15 is 0 Å². The first-order valence-corrected chi connectivity index (χ1v) is 7.30. The third-order valence-corrected chi connectivity index (χ3v) is 3.82. The highest BCUT2D eigenvalue weighted by molar-refractivity contribution is 9.10. The number of hydrogen-bond acceptors (Lipinski definition) is 3. The average Bonchev–Trinajstić information content (AvgIpc) is 2.49. The zero-order valence-corrected chi connectivity index (χ0v) is 13.2. The summed E-state index contributed by atoms with van der Waals surface area (Å²) in [6.45, 7) is 1.73. The summed E-state index contributed by atoms with van der Waals surface area (Å²) in [5, 5.41) is 3.94. The lowest BCUT2D eigenvalue weighted by Crippen LogP contribution is -2.00. The Morgan fingerprint density at radius 2 is 1.95 bits per heavy atom. The van der Waals surface area contributed by atoms with Crippen LogP contribution in [0.4, 0.5) is 10.2 Å². The molecule has 106 valence electrons. The monoisotopic (exact) mass is 345 g/mol. The third kappa shape index (κ3) is 2.49. The Kier molecular flexibility index (Phi) is 3.59. The van der Waals surface area contributed by atoms with Crippen molar-refractivity contribution in [3.63, 3.8) is 0 Å². The van der Waals surface area contributed by atoms with Crippen molar-refractivity contribution < 1.29 is 4.39 Å². The van der Waals surface area contributed by atoms with E-state index in [0.29, 0.717) is 22.8 Å². The lowest BCUT2D eigenvalue weighted by molar-refractivity contribution is 0.621. The average molecular weight is 346 g/mol. The fourth-order valence-corrected chi connectivity index (χ4v) is 2.59. The van der Waals surface area contributed by atoms with Crippen LogP contribution in [0, 0.1) is 12.7 Å². The highest BCUT2D eigenvalue weighted by atomic mass is 79.9.